The lowest BCUT2D eigenvalue weighted by atomic mass is 10.2. The molecule has 17 heavy (non-hydrogen) atoms. The Balaban J connectivity index is 2.37. The number of carbonyl (C=O) groups excluding carboxylic acids is 1. The second-order valence-corrected chi connectivity index (χ2v) is 8.13. The highest BCUT2D eigenvalue weighted by atomic mass is 79.9. The summed E-state index contributed by atoms with van der Waals surface area (Å²) in [5.41, 5.74) is 1.77. The average molecular weight is 381 g/mol. The molecule has 6 heteroatoms. The van der Waals surface area contributed by atoms with Gasteiger partial charge in [-0.3, -0.25) is 9.69 Å². The number of nitrogens with zero attached hydrogens (tertiary/aromatic N) is 1. The zero-order valence-electron chi connectivity index (χ0n) is 9.01. The molecule has 3 unspecified atom stereocenters. The summed E-state index contributed by atoms with van der Waals surface area (Å²) >= 11 is 8.03. The molecule has 1 N–H and O–H groups in total. The summed E-state index contributed by atoms with van der Waals surface area (Å²) in [5.74, 6) is -0.135. The van der Waals surface area contributed by atoms with Gasteiger partial charge < -0.3 is 5.11 Å². The molecule has 1 amide bonds. The van der Waals surface area contributed by atoms with Crippen LogP contribution in [0.15, 0.2) is 24.3 Å². The minimum Gasteiger partial charge on any atom is -0.371 e. The zero-order chi connectivity index (χ0) is 12.6. The number of carbonyl (C=O) groups is 1. The predicted molar refractivity (Wildman–Crippen MR) is 77.7 cm³/mol. The van der Waals surface area contributed by atoms with Crippen LogP contribution in [-0.4, -0.2) is 25.6 Å². The van der Waals surface area contributed by atoms with Gasteiger partial charge in [0.2, 0.25) is 0 Å². The standard InChI is InChI=1S/C11H11Br2NO2S/c1-6-3-2-4-7(5-6)14-10(15)8(12)17-9(13)11(14)16/h2-5,8-10,15H,1H3. The first-order chi connectivity index (χ1) is 8.00. The van der Waals surface area contributed by atoms with Crippen molar-refractivity contribution in [2.24, 2.45) is 0 Å². The average Bonchev–Trinajstić information content (AvgIpc) is 2.27. The van der Waals surface area contributed by atoms with Crippen LogP contribution in [0, 0.1) is 6.92 Å². The summed E-state index contributed by atoms with van der Waals surface area (Å²) in [7, 11) is 0. The Bertz CT molecular complexity index is 443. The van der Waals surface area contributed by atoms with E-state index in [4.69, 9.17) is 0 Å². The van der Waals surface area contributed by atoms with Gasteiger partial charge in [-0.05, 0) is 24.6 Å². The monoisotopic (exact) mass is 379 g/mol. The fourth-order valence-corrected chi connectivity index (χ4v) is 5.05. The Hall–Kier alpha value is -0.0400. The van der Waals surface area contributed by atoms with E-state index in [1.54, 1.807) is 0 Å². The van der Waals surface area contributed by atoms with Gasteiger partial charge in [0.05, 0.1) is 0 Å². The maximum absolute atomic E-state index is 12.1. The van der Waals surface area contributed by atoms with Crippen molar-refractivity contribution in [3.8, 4) is 0 Å². The van der Waals surface area contributed by atoms with Crippen LogP contribution in [0.25, 0.3) is 0 Å². The number of aliphatic hydroxyl groups excluding tert-OH is 1. The normalized spacial score (nSPS) is 29.5. The van der Waals surface area contributed by atoms with Crippen molar-refractivity contribution in [1.29, 1.82) is 0 Å². The lowest BCUT2D eigenvalue weighted by Gasteiger charge is -2.37. The van der Waals surface area contributed by atoms with Gasteiger partial charge in [0.15, 0.2) is 6.23 Å². The lowest BCUT2D eigenvalue weighted by Crippen LogP contribution is -2.51. The van der Waals surface area contributed by atoms with E-state index in [9.17, 15) is 9.90 Å². The van der Waals surface area contributed by atoms with Crippen LogP contribution in [0.4, 0.5) is 5.69 Å². The van der Waals surface area contributed by atoms with Gasteiger partial charge in [-0.15, -0.1) is 11.8 Å². The first-order valence-electron chi connectivity index (χ1n) is 5.02. The van der Waals surface area contributed by atoms with E-state index < -0.39 is 6.23 Å². The molecule has 1 aliphatic rings. The topological polar surface area (TPSA) is 40.5 Å². The molecule has 0 aromatic heterocycles. The molecule has 0 saturated carbocycles. The van der Waals surface area contributed by atoms with Crippen LogP contribution in [-0.2, 0) is 4.79 Å². The van der Waals surface area contributed by atoms with E-state index in [2.05, 4.69) is 31.9 Å². The van der Waals surface area contributed by atoms with Crippen LogP contribution in [0.2, 0.25) is 0 Å². The molecule has 3 atom stereocenters. The number of hydrogen-bond acceptors (Lipinski definition) is 3. The van der Waals surface area contributed by atoms with Gasteiger partial charge in [0, 0.05) is 5.69 Å². The fourth-order valence-electron chi connectivity index (χ4n) is 1.66. The van der Waals surface area contributed by atoms with Crippen LogP contribution >= 0.6 is 43.6 Å². The maximum atomic E-state index is 12.1. The molecule has 1 heterocycles. The number of aryl methyl sites for hydroxylation is 1. The van der Waals surface area contributed by atoms with Gasteiger partial charge in [0.25, 0.3) is 5.91 Å². The van der Waals surface area contributed by atoms with Gasteiger partial charge in [-0.2, -0.15) is 0 Å². The highest BCUT2D eigenvalue weighted by molar-refractivity contribution is 9.13. The summed E-state index contributed by atoms with van der Waals surface area (Å²) in [6.45, 7) is 1.95. The molecule has 1 saturated heterocycles. The molecule has 3 nitrogen and oxygen atoms in total. The van der Waals surface area contributed by atoms with Crippen LogP contribution in [0.3, 0.4) is 0 Å². The number of anilines is 1. The Morgan fingerprint density at radius 2 is 2.12 bits per heavy atom. The van der Waals surface area contributed by atoms with Crippen molar-refractivity contribution >= 4 is 55.2 Å². The van der Waals surface area contributed by atoms with Crippen LogP contribution in [0.1, 0.15) is 5.56 Å². The number of hydrogen-bond donors (Lipinski definition) is 1. The van der Waals surface area contributed by atoms with Crippen molar-refractivity contribution in [3.05, 3.63) is 29.8 Å². The van der Waals surface area contributed by atoms with Gasteiger partial charge in [0.1, 0.15) is 8.32 Å². The number of alkyl halides is 2. The van der Waals surface area contributed by atoms with Crippen LogP contribution in [0.5, 0.6) is 0 Å². The fraction of sp³-hybridized carbons (Fsp3) is 0.364. The van der Waals surface area contributed by atoms with Crippen molar-refractivity contribution in [2.75, 3.05) is 4.90 Å². The number of amides is 1. The van der Waals surface area contributed by atoms with E-state index >= 15 is 0 Å². The molecule has 0 aliphatic carbocycles. The summed E-state index contributed by atoms with van der Waals surface area (Å²) in [6, 6.07) is 7.54. The first kappa shape index (κ1) is 13.4. The summed E-state index contributed by atoms with van der Waals surface area (Å²) < 4.78 is -0.541. The van der Waals surface area contributed by atoms with Gasteiger partial charge >= 0.3 is 0 Å². The molecule has 0 bridgehead atoms. The first-order valence-corrected chi connectivity index (χ1v) is 7.79. The molecule has 92 valence electrons. The highest BCUT2D eigenvalue weighted by Gasteiger charge is 2.40. The molecule has 1 aromatic rings. The van der Waals surface area contributed by atoms with E-state index in [0.29, 0.717) is 0 Å². The van der Waals surface area contributed by atoms with Crippen molar-refractivity contribution in [2.45, 2.75) is 21.5 Å². The number of halogens is 2. The SMILES string of the molecule is Cc1cccc(N2C(=O)C(Br)SC(Br)C2O)c1. The molecule has 0 spiro atoms. The Morgan fingerprint density at radius 3 is 2.76 bits per heavy atom. The molecular formula is C11H11Br2NO2S. The molecule has 1 fully saturated rings. The lowest BCUT2D eigenvalue weighted by molar-refractivity contribution is -0.118. The van der Waals surface area contributed by atoms with Crippen molar-refractivity contribution in [1.82, 2.24) is 0 Å². The molecule has 0 radical (unpaired) electrons. The summed E-state index contributed by atoms with van der Waals surface area (Å²) in [5, 5.41) is 10.1. The summed E-state index contributed by atoms with van der Waals surface area (Å²) in [6.07, 6.45) is -0.858. The number of rotatable bonds is 1. The van der Waals surface area contributed by atoms with E-state index in [1.165, 1.54) is 16.7 Å². The van der Waals surface area contributed by atoms with Gasteiger partial charge in [-0.1, -0.05) is 44.0 Å². The Labute approximate surface area is 121 Å². The van der Waals surface area contributed by atoms with Crippen LogP contribution < -0.4 is 4.90 Å². The zero-order valence-corrected chi connectivity index (χ0v) is 13.0. The molecule has 1 aromatic carbocycles. The van der Waals surface area contributed by atoms with Gasteiger partial charge in [-0.25, -0.2) is 0 Å². The Kier molecular flexibility index (Phi) is 4.18. The molecular weight excluding hydrogens is 370 g/mol. The third kappa shape index (κ3) is 2.70. The van der Waals surface area contributed by atoms with E-state index in [0.717, 1.165) is 11.3 Å². The number of aliphatic hydroxyl groups is 1. The molecule has 1 aliphatic heterocycles. The third-order valence-electron chi connectivity index (χ3n) is 2.46. The number of thioether (sulfide) groups is 1. The Morgan fingerprint density at radius 1 is 1.41 bits per heavy atom. The summed E-state index contributed by atoms with van der Waals surface area (Å²) in [4.78, 5) is 13.5. The van der Waals surface area contributed by atoms with Crippen molar-refractivity contribution < 1.29 is 9.90 Å². The second-order valence-electron chi connectivity index (χ2n) is 3.76. The largest absolute Gasteiger partial charge is 0.371 e. The number of benzene rings is 1. The van der Waals surface area contributed by atoms with E-state index in [1.807, 2.05) is 31.2 Å². The van der Waals surface area contributed by atoms with Crippen molar-refractivity contribution in [3.63, 3.8) is 0 Å². The quantitative estimate of drug-likeness (QED) is 0.761. The maximum Gasteiger partial charge on any atom is 0.253 e. The second kappa shape index (κ2) is 5.30. The minimum absolute atomic E-state index is 0.135. The van der Waals surface area contributed by atoms with E-state index in [-0.39, 0.29) is 14.2 Å². The third-order valence-corrected chi connectivity index (χ3v) is 5.56. The minimum atomic E-state index is -0.858. The highest BCUT2D eigenvalue weighted by Crippen LogP contribution is 2.39. The molecule has 2 rings (SSSR count). The predicted octanol–water partition coefficient (Wildman–Crippen LogP) is 2.84. The smallest absolute Gasteiger partial charge is 0.253 e.